The molecular formula is C30H26N4O2. The van der Waals surface area contributed by atoms with Gasteiger partial charge in [0.25, 0.3) is 11.8 Å². The van der Waals surface area contributed by atoms with Crippen molar-refractivity contribution in [2.45, 2.75) is 25.9 Å². The summed E-state index contributed by atoms with van der Waals surface area (Å²) in [6.07, 6.45) is 2.96. The first kappa shape index (κ1) is 25.7. The Balaban J connectivity index is 1.75. The summed E-state index contributed by atoms with van der Waals surface area (Å²) < 4.78 is 0. The first-order valence-electron chi connectivity index (χ1n) is 11.5. The summed E-state index contributed by atoms with van der Waals surface area (Å²) in [4.78, 5) is 25.3. The van der Waals surface area contributed by atoms with Crippen molar-refractivity contribution in [3.63, 3.8) is 0 Å². The second-order valence-electron chi connectivity index (χ2n) is 8.22. The number of benzene rings is 3. The van der Waals surface area contributed by atoms with E-state index in [9.17, 15) is 20.1 Å². The quantitative estimate of drug-likeness (QED) is 0.343. The molecular weight excluding hydrogens is 448 g/mol. The summed E-state index contributed by atoms with van der Waals surface area (Å²) in [7, 11) is 0. The molecule has 0 unspecified atom stereocenters. The van der Waals surface area contributed by atoms with Crippen LogP contribution in [0, 0.1) is 22.7 Å². The van der Waals surface area contributed by atoms with Crippen molar-refractivity contribution in [3.8, 4) is 12.1 Å². The van der Waals surface area contributed by atoms with Gasteiger partial charge >= 0.3 is 0 Å². The molecule has 0 fully saturated rings. The number of hydrogen-bond donors (Lipinski definition) is 2. The molecule has 36 heavy (non-hydrogen) atoms. The Kier molecular flexibility index (Phi) is 8.92. The minimum atomic E-state index is -0.484. The number of nitrogens with zero attached hydrogens (tertiary/aromatic N) is 2. The smallest absolute Gasteiger partial charge is 0.262 e. The molecule has 2 atom stereocenters. The first-order valence-corrected chi connectivity index (χ1v) is 11.5. The molecule has 0 saturated carbocycles. The molecule has 2 amide bonds. The third-order valence-electron chi connectivity index (χ3n) is 5.56. The Bertz CT molecular complexity index is 1260. The topological polar surface area (TPSA) is 106 Å². The lowest BCUT2D eigenvalue weighted by molar-refractivity contribution is -0.118. The van der Waals surface area contributed by atoms with E-state index in [2.05, 4.69) is 10.6 Å². The zero-order valence-corrected chi connectivity index (χ0v) is 20.1. The van der Waals surface area contributed by atoms with Crippen molar-refractivity contribution < 1.29 is 9.59 Å². The number of carbonyl (C=O) groups is 2. The molecule has 0 aliphatic heterocycles. The van der Waals surface area contributed by atoms with Crippen LogP contribution in [0.5, 0.6) is 0 Å². The Morgan fingerprint density at radius 2 is 1.06 bits per heavy atom. The highest BCUT2D eigenvalue weighted by Crippen LogP contribution is 2.17. The van der Waals surface area contributed by atoms with Crippen molar-refractivity contribution in [1.29, 1.82) is 10.5 Å². The van der Waals surface area contributed by atoms with Gasteiger partial charge in [0.1, 0.15) is 23.3 Å². The van der Waals surface area contributed by atoms with E-state index in [1.807, 2.05) is 86.6 Å². The fourth-order valence-corrected chi connectivity index (χ4v) is 3.57. The minimum absolute atomic E-state index is 0.0474. The second kappa shape index (κ2) is 12.5. The molecule has 0 saturated heterocycles. The van der Waals surface area contributed by atoms with Gasteiger partial charge in [0, 0.05) is 0 Å². The van der Waals surface area contributed by atoms with E-state index >= 15 is 0 Å². The number of amides is 2. The lowest BCUT2D eigenvalue weighted by atomic mass is 10.0. The standard InChI is InChI=1S/C30H26N4O2/c1-21(25-12-5-3-6-13-25)33-29(35)27(19-31)17-23-10-9-11-24(16-23)18-28(20-32)30(36)34-22(2)26-14-7-4-8-15-26/h3-18,21-22H,1-2H3,(H,33,35)(H,34,36)/b27-17-,28-18+/t21-,22-/m1/s1. The van der Waals surface area contributed by atoms with Crippen molar-refractivity contribution >= 4 is 24.0 Å². The van der Waals surface area contributed by atoms with E-state index in [4.69, 9.17) is 0 Å². The van der Waals surface area contributed by atoms with Gasteiger partial charge in [0.2, 0.25) is 0 Å². The monoisotopic (exact) mass is 474 g/mol. The maximum absolute atomic E-state index is 12.7. The molecule has 0 radical (unpaired) electrons. The Morgan fingerprint density at radius 3 is 1.42 bits per heavy atom. The molecule has 3 rings (SSSR count). The van der Waals surface area contributed by atoms with Crippen LogP contribution in [0.15, 0.2) is 96.1 Å². The normalized spacial score (nSPS) is 13.0. The van der Waals surface area contributed by atoms with Gasteiger partial charge in [-0.3, -0.25) is 9.59 Å². The summed E-state index contributed by atoms with van der Waals surface area (Å²) in [5.74, 6) is -0.969. The highest BCUT2D eigenvalue weighted by molar-refractivity contribution is 6.03. The molecule has 178 valence electrons. The average Bonchev–Trinajstić information content (AvgIpc) is 2.91. The van der Waals surface area contributed by atoms with Gasteiger partial charge in [-0.2, -0.15) is 10.5 Å². The fourth-order valence-electron chi connectivity index (χ4n) is 3.57. The maximum Gasteiger partial charge on any atom is 0.262 e. The highest BCUT2D eigenvalue weighted by Gasteiger charge is 2.15. The van der Waals surface area contributed by atoms with E-state index in [1.54, 1.807) is 24.3 Å². The number of hydrogen-bond acceptors (Lipinski definition) is 4. The van der Waals surface area contributed by atoms with Crippen molar-refractivity contribution in [3.05, 3.63) is 118 Å². The van der Waals surface area contributed by atoms with E-state index in [-0.39, 0.29) is 23.2 Å². The molecule has 0 aliphatic carbocycles. The van der Waals surface area contributed by atoms with Crippen LogP contribution in [0.4, 0.5) is 0 Å². The van der Waals surface area contributed by atoms with Gasteiger partial charge in [0.15, 0.2) is 0 Å². The summed E-state index contributed by atoms with van der Waals surface area (Å²) in [6, 6.07) is 29.2. The van der Waals surface area contributed by atoms with Gasteiger partial charge in [-0.15, -0.1) is 0 Å². The molecule has 0 heterocycles. The summed E-state index contributed by atoms with van der Waals surface area (Å²) in [6.45, 7) is 3.70. The summed E-state index contributed by atoms with van der Waals surface area (Å²) in [5, 5.41) is 24.8. The third kappa shape index (κ3) is 7.03. The Morgan fingerprint density at radius 1 is 0.667 bits per heavy atom. The van der Waals surface area contributed by atoms with E-state index < -0.39 is 11.8 Å². The van der Waals surface area contributed by atoms with Crippen molar-refractivity contribution in [2.24, 2.45) is 0 Å². The summed E-state index contributed by atoms with van der Waals surface area (Å²) >= 11 is 0. The first-order chi connectivity index (χ1) is 17.4. The highest BCUT2D eigenvalue weighted by atomic mass is 16.2. The molecule has 6 heteroatoms. The van der Waals surface area contributed by atoms with Crippen molar-refractivity contribution in [1.82, 2.24) is 10.6 Å². The van der Waals surface area contributed by atoms with E-state index in [1.165, 1.54) is 12.2 Å². The van der Waals surface area contributed by atoms with Gasteiger partial charge in [-0.1, -0.05) is 78.9 Å². The molecule has 6 nitrogen and oxygen atoms in total. The van der Waals surface area contributed by atoms with Crippen LogP contribution in [0.25, 0.3) is 12.2 Å². The van der Waals surface area contributed by atoms with Crippen LogP contribution >= 0.6 is 0 Å². The molecule has 2 N–H and O–H groups in total. The number of rotatable bonds is 8. The maximum atomic E-state index is 12.7. The van der Waals surface area contributed by atoms with E-state index in [0.717, 1.165) is 11.1 Å². The van der Waals surface area contributed by atoms with E-state index in [0.29, 0.717) is 11.1 Å². The summed E-state index contributed by atoms with van der Waals surface area (Å²) in [5.41, 5.74) is 2.96. The predicted molar refractivity (Wildman–Crippen MR) is 140 cm³/mol. The average molecular weight is 475 g/mol. The predicted octanol–water partition coefficient (Wildman–Crippen LogP) is 5.26. The largest absolute Gasteiger partial charge is 0.345 e. The van der Waals surface area contributed by atoms with Gasteiger partial charge in [0.05, 0.1) is 12.1 Å². The molecule has 3 aromatic rings. The van der Waals surface area contributed by atoms with Crippen LogP contribution < -0.4 is 10.6 Å². The SMILES string of the molecule is C[C@@H](NC(=O)/C(C#N)=C\c1cccc(/C=C(\C#N)C(=O)N[C@H](C)c2ccccc2)c1)c1ccccc1. The van der Waals surface area contributed by atoms with Crippen LogP contribution in [-0.4, -0.2) is 11.8 Å². The van der Waals surface area contributed by atoms with Gasteiger partial charge in [-0.05, 0) is 54.3 Å². The molecule has 0 bridgehead atoms. The molecule has 0 aromatic heterocycles. The minimum Gasteiger partial charge on any atom is -0.345 e. The fraction of sp³-hybridized carbons (Fsp3) is 0.133. The molecule has 0 aliphatic rings. The van der Waals surface area contributed by atoms with Crippen molar-refractivity contribution in [2.75, 3.05) is 0 Å². The lowest BCUT2D eigenvalue weighted by Gasteiger charge is -2.14. The number of carbonyl (C=O) groups excluding carboxylic acids is 2. The van der Waals surface area contributed by atoms with Gasteiger partial charge < -0.3 is 10.6 Å². The third-order valence-corrected chi connectivity index (χ3v) is 5.56. The number of nitrogens with one attached hydrogen (secondary N) is 2. The van der Waals surface area contributed by atoms with Gasteiger partial charge in [-0.25, -0.2) is 0 Å². The zero-order valence-electron chi connectivity index (χ0n) is 20.1. The molecule has 3 aromatic carbocycles. The zero-order chi connectivity index (χ0) is 25.9. The van der Waals surface area contributed by atoms with Crippen LogP contribution in [0.2, 0.25) is 0 Å². The Hall–Kier alpha value is -4.94. The molecule has 0 spiro atoms. The number of nitriles is 2. The van der Waals surface area contributed by atoms with Crippen LogP contribution in [0.1, 0.15) is 48.2 Å². The van der Waals surface area contributed by atoms with Crippen LogP contribution in [-0.2, 0) is 9.59 Å². The lowest BCUT2D eigenvalue weighted by Crippen LogP contribution is -2.27. The Labute approximate surface area is 211 Å². The van der Waals surface area contributed by atoms with Crippen LogP contribution in [0.3, 0.4) is 0 Å². The second-order valence-corrected chi connectivity index (χ2v) is 8.22.